The van der Waals surface area contributed by atoms with E-state index < -0.39 is 0 Å². The van der Waals surface area contributed by atoms with E-state index in [9.17, 15) is 10.3 Å². The molecule has 4 aromatic rings. The predicted molar refractivity (Wildman–Crippen MR) is 155 cm³/mol. The third kappa shape index (κ3) is 7.35. The van der Waals surface area contributed by atoms with Gasteiger partial charge in [0.05, 0.1) is 24.9 Å². The first-order chi connectivity index (χ1) is 18.5. The van der Waals surface area contributed by atoms with Gasteiger partial charge in [0.15, 0.2) is 5.17 Å². The maximum atomic E-state index is 11.4. The molecule has 0 aliphatic heterocycles. The highest BCUT2D eigenvalue weighted by molar-refractivity contribution is 8.13. The molecule has 0 aliphatic rings. The second kappa shape index (κ2) is 13.1. The summed E-state index contributed by atoms with van der Waals surface area (Å²) in [5.74, 6) is 1.67. The minimum Gasteiger partial charge on any atom is -0.761 e. The van der Waals surface area contributed by atoms with Crippen LogP contribution in [0.25, 0.3) is 0 Å². The van der Waals surface area contributed by atoms with Crippen molar-refractivity contribution in [3.8, 4) is 17.2 Å². The van der Waals surface area contributed by atoms with Crippen LogP contribution in [-0.4, -0.2) is 29.4 Å². The average molecular weight is 549 g/mol. The van der Waals surface area contributed by atoms with Crippen LogP contribution in [-0.2, 0) is 13.1 Å². The standard InChI is InChI=1S/C29H27ClN3O4S/c1-36-24-9-4-7-21(15-24)19-33(18-20-6-3-8-23(34)14-20)29(38-26-11-5-10-25(17-26)37-2)31-22-12-13-27(30)28(16-22)32-35/h3-17,32,34H,18-19H2,1-2H3/q-1. The lowest BCUT2D eigenvalue weighted by atomic mass is 10.1. The molecule has 0 amide bonds. The van der Waals surface area contributed by atoms with Gasteiger partial charge in [-0.3, -0.25) is 0 Å². The quantitative estimate of drug-likeness (QED) is 0.0971. The first kappa shape index (κ1) is 27.2. The summed E-state index contributed by atoms with van der Waals surface area (Å²) >= 11 is 7.60. The van der Waals surface area contributed by atoms with Crippen molar-refractivity contribution in [3.05, 3.63) is 112 Å². The smallest absolute Gasteiger partial charge is 0.169 e. The number of rotatable bonds is 9. The van der Waals surface area contributed by atoms with Crippen LogP contribution in [0.15, 0.2) is 101 Å². The molecule has 0 heterocycles. The maximum Gasteiger partial charge on any atom is 0.169 e. The summed E-state index contributed by atoms with van der Waals surface area (Å²) in [4.78, 5) is 7.98. The number of nitrogens with one attached hydrogen (secondary N) is 1. The van der Waals surface area contributed by atoms with Gasteiger partial charge in [-0.25, -0.2) is 4.99 Å². The molecule has 0 radical (unpaired) electrons. The molecule has 38 heavy (non-hydrogen) atoms. The molecule has 0 bridgehead atoms. The van der Waals surface area contributed by atoms with Gasteiger partial charge >= 0.3 is 0 Å². The topological polar surface area (TPSA) is 89.4 Å². The fourth-order valence-corrected chi connectivity index (χ4v) is 4.86. The van der Waals surface area contributed by atoms with E-state index >= 15 is 0 Å². The molecule has 2 N–H and O–H groups in total. The van der Waals surface area contributed by atoms with E-state index in [4.69, 9.17) is 26.1 Å². The lowest BCUT2D eigenvalue weighted by Crippen LogP contribution is -2.28. The van der Waals surface area contributed by atoms with Crippen molar-refractivity contribution in [1.29, 1.82) is 0 Å². The van der Waals surface area contributed by atoms with Gasteiger partial charge in [-0.15, -0.1) is 0 Å². The number of thioether (sulfide) groups is 1. The van der Waals surface area contributed by atoms with Crippen LogP contribution in [0.1, 0.15) is 11.1 Å². The molecule has 0 aliphatic carbocycles. The number of halogens is 1. The van der Waals surface area contributed by atoms with Crippen LogP contribution in [0.2, 0.25) is 5.02 Å². The fourth-order valence-electron chi connectivity index (χ4n) is 3.76. The van der Waals surface area contributed by atoms with Crippen molar-refractivity contribution >= 4 is 39.9 Å². The maximum absolute atomic E-state index is 11.4. The molecular formula is C29H27ClN3O4S-. The summed E-state index contributed by atoms with van der Waals surface area (Å²) in [7, 11) is 3.26. The van der Waals surface area contributed by atoms with Crippen LogP contribution in [0.3, 0.4) is 0 Å². The predicted octanol–water partition coefficient (Wildman–Crippen LogP) is 7.45. The molecule has 196 valence electrons. The number of benzene rings is 4. The van der Waals surface area contributed by atoms with Gasteiger partial charge in [-0.05, 0) is 71.8 Å². The van der Waals surface area contributed by atoms with Crippen molar-refractivity contribution in [2.45, 2.75) is 18.0 Å². The van der Waals surface area contributed by atoms with E-state index in [0.717, 1.165) is 27.5 Å². The molecule has 0 aromatic heterocycles. The molecular weight excluding hydrogens is 522 g/mol. The third-order valence-corrected chi connectivity index (χ3v) is 6.95. The highest BCUT2D eigenvalue weighted by Gasteiger charge is 2.17. The van der Waals surface area contributed by atoms with Gasteiger partial charge < -0.3 is 30.2 Å². The Hall–Kier alpha value is -3.85. The Bertz CT molecular complexity index is 1420. The van der Waals surface area contributed by atoms with E-state index in [-0.39, 0.29) is 11.4 Å². The number of phenols is 1. The van der Waals surface area contributed by atoms with Gasteiger partial charge in [0.1, 0.15) is 17.2 Å². The van der Waals surface area contributed by atoms with Crippen molar-refractivity contribution < 1.29 is 14.6 Å². The summed E-state index contributed by atoms with van der Waals surface area (Å²) in [5, 5.41) is 22.5. The van der Waals surface area contributed by atoms with Crippen LogP contribution in [0.5, 0.6) is 17.2 Å². The lowest BCUT2D eigenvalue weighted by Gasteiger charge is -2.27. The average Bonchev–Trinajstić information content (AvgIpc) is 2.93. The highest BCUT2D eigenvalue weighted by Crippen LogP contribution is 2.32. The molecule has 9 heteroatoms. The second-order valence-corrected chi connectivity index (χ2v) is 9.77. The lowest BCUT2D eigenvalue weighted by molar-refractivity contribution is 0.402. The van der Waals surface area contributed by atoms with E-state index in [1.165, 1.54) is 11.8 Å². The van der Waals surface area contributed by atoms with Crippen LogP contribution >= 0.6 is 23.4 Å². The number of methoxy groups -OCH3 is 2. The number of anilines is 1. The summed E-state index contributed by atoms with van der Waals surface area (Å²) in [5.41, 5.74) is 4.60. The SMILES string of the molecule is COc1cccc(CN(Cc2cccc(O)c2)C(=Nc2ccc(Cl)c(N[O-])c2)Sc2cccc(OC)c2)c1. The Morgan fingerprint density at radius 1 is 0.895 bits per heavy atom. The van der Waals surface area contributed by atoms with E-state index in [1.807, 2.05) is 66.1 Å². The minimum absolute atomic E-state index is 0.187. The Kier molecular flexibility index (Phi) is 9.37. The normalized spacial score (nSPS) is 11.2. The summed E-state index contributed by atoms with van der Waals surface area (Å²) in [6.45, 7) is 0.963. The molecule has 0 saturated carbocycles. The number of aliphatic imine (C=N–C) groups is 1. The molecule has 4 aromatic carbocycles. The molecule has 7 nitrogen and oxygen atoms in total. The first-order valence-electron chi connectivity index (χ1n) is 11.7. The van der Waals surface area contributed by atoms with Gasteiger partial charge in [0, 0.05) is 23.7 Å². The van der Waals surface area contributed by atoms with Crippen LogP contribution < -0.4 is 15.0 Å². The van der Waals surface area contributed by atoms with Gasteiger partial charge in [-0.1, -0.05) is 53.7 Å². The number of hydrogen-bond donors (Lipinski definition) is 2. The molecule has 0 atom stereocenters. The monoisotopic (exact) mass is 548 g/mol. The van der Waals surface area contributed by atoms with Gasteiger partial charge in [0.25, 0.3) is 0 Å². The number of nitrogens with zero attached hydrogens (tertiary/aromatic N) is 2. The number of phenolic OH excluding ortho intramolecular Hbond substituents is 1. The van der Waals surface area contributed by atoms with Gasteiger partial charge in [-0.2, -0.15) is 0 Å². The third-order valence-electron chi connectivity index (χ3n) is 5.60. The largest absolute Gasteiger partial charge is 0.761 e. The Labute approximate surface area is 231 Å². The number of ether oxygens (including phenoxy) is 2. The van der Waals surface area contributed by atoms with Crippen molar-refractivity contribution in [1.82, 2.24) is 4.90 Å². The molecule has 0 spiro atoms. The molecule has 4 rings (SSSR count). The van der Waals surface area contributed by atoms with Gasteiger partial charge in [0.2, 0.25) is 0 Å². The Balaban J connectivity index is 1.80. The summed E-state index contributed by atoms with van der Waals surface area (Å²) in [6.07, 6.45) is 0. The summed E-state index contributed by atoms with van der Waals surface area (Å²) < 4.78 is 10.9. The van der Waals surface area contributed by atoms with Crippen molar-refractivity contribution in [3.63, 3.8) is 0 Å². The van der Waals surface area contributed by atoms with Crippen LogP contribution in [0, 0.1) is 5.21 Å². The Morgan fingerprint density at radius 3 is 2.24 bits per heavy atom. The minimum atomic E-state index is 0.187. The van der Waals surface area contributed by atoms with E-state index in [1.54, 1.807) is 44.6 Å². The first-order valence-corrected chi connectivity index (χ1v) is 12.9. The number of amidine groups is 1. The number of hydrogen-bond acceptors (Lipinski definition) is 7. The molecule has 0 fully saturated rings. The summed E-state index contributed by atoms with van der Waals surface area (Å²) in [6, 6.07) is 27.7. The Morgan fingerprint density at radius 2 is 1.55 bits per heavy atom. The zero-order valence-corrected chi connectivity index (χ0v) is 22.5. The van der Waals surface area contributed by atoms with Crippen molar-refractivity contribution in [2.24, 2.45) is 4.99 Å². The van der Waals surface area contributed by atoms with Crippen LogP contribution in [0.4, 0.5) is 11.4 Å². The second-order valence-electron chi connectivity index (χ2n) is 8.32. The zero-order valence-electron chi connectivity index (χ0n) is 20.9. The van der Waals surface area contributed by atoms with E-state index in [0.29, 0.717) is 29.0 Å². The number of aromatic hydroxyl groups is 1. The highest BCUT2D eigenvalue weighted by atomic mass is 35.5. The van der Waals surface area contributed by atoms with E-state index in [2.05, 4.69) is 4.90 Å². The molecule has 0 saturated heterocycles. The fraction of sp³-hybridized carbons (Fsp3) is 0.138. The molecule has 0 unspecified atom stereocenters. The zero-order chi connectivity index (χ0) is 26.9. The van der Waals surface area contributed by atoms with Crippen molar-refractivity contribution in [2.75, 3.05) is 19.7 Å².